The molecule has 0 amide bonds. The van der Waals surface area contributed by atoms with Crippen LogP contribution >= 0.6 is 0 Å². The summed E-state index contributed by atoms with van der Waals surface area (Å²) in [6.45, 7) is 6.17. The highest BCUT2D eigenvalue weighted by Crippen LogP contribution is 2.67. The Hall–Kier alpha value is -1.24. The van der Waals surface area contributed by atoms with E-state index in [-0.39, 0.29) is 28.6 Å². The van der Waals surface area contributed by atoms with Crippen molar-refractivity contribution >= 4 is 11.4 Å². The van der Waals surface area contributed by atoms with Crippen LogP contribution in [0.5, 0.6) is 0 Å². The molecule has 4 aliphatic rings. The van der Waals surface area contributed by atoms with Crippen molar-refractivity contribution < 1.29 is 20.2 Å². The lowest BCUT2D eigenvalue weighted by molar-refractivity contribution is -0.116. The smallest absolute Gasteiger partial charge is 0.106 e. The van der Waals surface area contributed by atoms with Crippen molar-refractivity contribution in [3.8, 4) is 0 Å². The molecule has 8 atom stereocenters. The second-order valence-electron chi connectivity index (χ2n) is 10.1. The molecule has 4 aliphatic carbocycles. The van der Waals surface area contributed by atoms with E-state index in [1.807, 2.05) is 13.0 Å². The Bertz CT molecular complexity index is 749. The van der Waals surface area contributed by atoms with Crippen molar-refractivity contribution in [1.29, 1.82) is 5.41 Å². The summed E-state index contributed by atoms with van der Waals surface area (Å²) in [5.74, 6) is 0.221. The number of nitrogens with one attached hydrogen (secondary N) is 1. The van der Waals surface area contributed by atoms with Gasteiger partial charge in [-0.25, -0.2) is 0 Å². The lowest BCUT2D eigenvalue weighted by Gasteiger charge is -2.60. The topological polar surface area (TPSA) is 106 Å². The number of oxime groups is 1. The second kappa shape index (κ2) is 6.38. The van der Waals surface area contributed by atoms with Crippen LogP contribution in [-0.2, 0) is 4.84 Å². The maximum atomic E-state index is 12.0. The van der Waals surface area contributed by atoms with Gasteiger partial charge in [-0.1, -0.05) is 19.0 Å². The molecule has 3 fully saturated rings. The van der Waals surface area contributed by atoms with Crippen molar-refractivity contribution in [3.63, 3.8) is 0 Å². The van der Waals surface area contributed by atoms with Gasteiger partial charge in [-0.15, -0.1) is 0 Å². The molecular formula is C22H34N2O4. The molecule has 6 heteroatoms. The SMILES string of the molecule is CO/N=C1\C=C2C(CC[C@]3(C)[C@@H](C(C)=N)CC[C@@]23O)[C@@]2(C)C[C@H](O)[C@H](O)CC12. The van der Waals surface area contributed by atoms with Crippen molar-refractivity contribution in [2.45, 2.75) is 77.1 Å². The standard InChI is InChI=1S/C22H34N2O4/c1-12(23)13-6-8-22(27)15-9-17(24-28-4)16-10-18(25)19(26)11-20(16,2)14(15)5-7-21(13,22)3/h9,13-14,16,18-19,23,25-27H,5-8,10-11H2,1-4H3/b23-12?,24-17+/t13-,14?,16?,18-,19+,20-,21-,22-/m1/s1. The molecule has 6 nitrogen and oxygen atoms in total. The third kappa shape index (κ3) is 2.44. The summed E-state index contributed by atoms with van der Waals surface area (Å²) in [4.78, 5) is 5.13. The first kappa shape index (κ1) is 20.0. The van der Waals surface area contributed by atoms with Crippen molar-refractivity contribution in [2.24, 2.45) is 33.7 Å². The minimum Gasteiger partial charge on any atom is -0.399 e. The number of fused-ring (bicyclic) bond motifs is 5. The molecule has 0 aromatic carbocycles. The molecule has 0 aromatic rings. The molecule has 3 saturated carbocycles. The van der Waals surface area contributed by atoms with Crippen LogP contribution in [0, 0.1) is 34.0 Å². The van der Waals surface area contributed by atoms with E-state index in [0.29, 0.717) is 25.0 Å². The molecule has 0 saturated heterocycles. The summed E-state index contributed by atoms with van der Waals surface area (Å²) in [6.07, 6.45) is 4.71. The fourth-order valence-electron chi connectivity index (χ4n) is 7.28. The third-order valence-electron chi connectivity index (χ3n) is 8.86. The Morgan fingerprint density at radius 2 is 1.89 bits per heavy atom. The second-order valence-corrected chi connectivity index (χ2v) is 10.1. The summed E-state index contributed by atoms with van der Waals surface area (Å²) >= 11 is 0. The lowest BCUT2D eigenvalue weighted by Crippen LogP contribution is -2.60. The summed E-state index contributed by atoms with van der Waals surface area (Å²) in [5.41, 5.74) is 0.814. The van der Waals surface area contributed by atoms with E-state index in [2.05, 4.69) is 19.0 Å². The third-order valence-corrected chi connectivity index (χ3v) is 8.86. The van der Waals surface area contributed by atoms with Gasteiger partial charge in [0, 0.05) is 23.0 Å². The molecule has 0 heterocycles. The van der Waals surface area contributed by atoms with Crippen molar-refractivity contribution in [3.05, 3.63) is 11.6 Å². The largest absolute Gasteiger partial charge is 0.399 e. The quantitative estimate of drug-likeness (QED) is 0.430. The van der Waals surface area contributed by atoms with E-state index >= 15 is 0 Å². The van der Waals surface area contributed by atoms with Crippen LogP contribution in [0.15, 0.2) is 16.8 Å². The van der Waals surface area contributed by atoms with E-state index in [1.165, 1.54) is 7.11 Å². The average molecular weight is 391 g/mol. The zero-order valence-corrected chi connectivity index (χ0v) is 17.4. The van der Waals surface area contributed by atoms with Crippen LogP contribution in [0.1, 0.15) is 59.3 Å². The number of allylic oxidation sites excluding steroid dienone is 1. The van der Waals surface area contributed by atoms with E-state index in [9.17, 15) is 15.3 Å². The maximum Gasteiger partial charge on any atom is 0.106 e. The van der Waals surface area contributed by atoms with Gasteiger partial charge in [0.05, 0.1) is 23.5 Å². The number of hydrogen-bond donors (Lipinski definition) is 4. The molecule has 156 valence electrons. The maximum absolute atomic E-state index is 12.0. The molecule has 0 aromatic heterocycles. The predicted molar refractivity (Wildman–Crippen MR) is 107 cm³/mol. The van der Waals surface area contributed by atoms with Crippen LogP contribution in [0.3, 0.4) is 0 Å². The van der Waals surface area contributed by atoms with Crippen molar-refractivity contribution in [1.82, 2.24) is 0 Å². The number of nitrogens with zero attached hydrogens (tertiary/aromatic N) is 1. The van der Waals surface area contributed by atoms with Crippen molar-refractivity contribution in [2.75, 3.05) is 7.11 Å². The van der Waals surface area contributed by atoms with Gasteiger partial charge in [0.25, 0.3) is 0 Å². The summed E-state index contributed by atoms with van der Waals surface area (Å²) in [7, 11) is 1.52. The fourth-order valence-corrected chi connectivity index (χ4v) is 7.28. The Morgan fingerprint density at radius 1 is 1.18 bits per heavy atom. The first-order chi connectivity index (χ1) is 13.1. The Kier molecular flexibility index (Phi) is 4.57. The van der Waals surface area contributed by atoms with Gasteiger partial charge in [0.2, 0.25) is 0 Å². The predicted octanol–water partition coefficient (Wildman–Crippen LogP) is 2.66. The van der Waals surface area contributed by atoms with E-state index in [4.69, 9.17) is 10.2 Å². The number of aliphatic hydroxyl groups is 3. The minimum absolute atomic E-state index is 0.00534. The molecule has 28 heavy (non-hydrogen) atoms. The highest BCUT2D eigenvalue weighted by atomic mass is 16.6. The van der Waals surface area contributed by atoms with Gasteiger partial charge in [-0.3, -0.25) is 0 Å². The van der Waals surface area contributed by atoms with Crippen LogP contribution in [0.25, 0.3) is 0 Å². The van der Waals surface area contributed by atoms with Gasteiger partial charge in [-0.2, -0.15) is 0 Å². The first-order valence-electron chi connectivity index (χ1n) is 10.5. The van der Waals surface area contributed by atoms with Crippen LogP contribution in [0.4, 0.5) is 0 Å². The zero-order chi connectivity index (χ0) is 20.5. The number of aliphatic hydroxyl groups excluding tert-OH is 2. The molecule has 0 bridgehead atoms. The minimum atomic E-state index is -0.966. The van der Waals surface area contributed by atoms with Crippen LogP contribution < -0.4 is 0 Å². The molecular weight excluding hydrogens is 356 g/mol. The fraction of sp³-hybridized carbons (Fsp3) is 0.818. The zero-order valence-electron chi connectivity index (χ0n) is 17.4. The van der Waals surface area contributed by atoms with E-state index in [1.54, 1.807) is 0 Å². The van der Waals surface area contributed by atoms with Gasteiger partial charge in [-0.05, 0) is 68.4 Å². The molecule has 0 aliphatic heterocycles. The molecule has 4 rings (SSSR count). The average Bonchev–Trinajstić information content (AvgIpc) is 2.89. The molecule has 0 radical (unpaired) electrons. The number of hydrogen-bond acceptors (Lipinski definition) is 6. The van der Waals surface area contributed by atoms with Crippen LogP contribution in [-0.4, -0.2) is 51.7 Å². The van der Waals surface area contributed by atoms with Gasteiger partial charge < -0.3 is 25.6 Å². The summed E-state index contributed by atoms with van der Waals surface area (Å²) in [6, 6.07) is 0. The molecule has 0 spiro atoms. The normalized spacial score (nSPS) is 51.8. The molecule has 4 N–H and O–H groups in total. The van der Waals surface area contributed by atoms with Crippen LogP contribution in [0.2, 0.25) is 0 Å². The monoisotopic (exact) mass is 390 g/mol. The Balaban J connectivity index is 1.85. The van der Waals surface area contributed by atoms with E-state index < -0.39 is 17.8 Å². The van der Waals surface area contributed by atoms with E-state index in [0.717, 1.165) is 30.5 Å². The molecule has 2 unspecified atom stereocenters. The highest BCUT2D eigenvalue weighted by molar-refractivity contribution is 5.99. The number of rotatable bonds is 2. The first-order valence-corrected chi connectivity index (χ1v) is 10.5. The lowest BCUT2D eigenvalue weighted by atomic mass is 9.46. The van der Waals surface area contributed by atoms with Gasteiger partial charge in [0.1, 0.15) is 7.11 Å². The Morgan fingerprint density at radius 3 is 2.54 bits per heavy atom. The summed E-state index contributed by atoms with van der Waals surface area (Å²) in [5, 5.41) is 45.3. The van der Waals surface area contributed by atoms with Gasteiger partial charge in [0.15, 0.2) is 0 Å². The van der Waals surface area contributed by atoms with Gasteiger partial charge >= 0.3 is 0 Å². The summed E-state index contributed by atoms with van der Waals surface area (Å²) < 4.78 is 0. The Labute approximate surface area is 167 Å². The highest BCUT2D eigenvalue weighted by Gasteiger charge is 2.66.